The minimum Gasteiger partial charge on any atom is -0.481 e. The summed E-state index contributed by atoms with van der Waals surface area (Å²) in [5.74, 6) is -0.107. The lowest BCUT2D eigenvalue weighted by Crippen LogP contribution is -2.48. The van der Waals surface area contributed by atoms with Gasteiger partial charge in [-0.3, -0.25) is 9.59 Å². The van der Waals surface area contributed by atoms with E-state index in [1.165, 1.54) is 21.9 Å². The fourth-order valence-corrected chi connectivity index (χ4v) is 6.49. The molecule has 1 heterocycles. The van der Waals surface area contributed by atoms with Gasteiger partial charge in [-0.2, -0.15) is 0 Å². The molecule has 5 rings (SSSR count). The zero-order valence-electron chi connectivity index (χ0n) is 21.7. The van der Waals surface area contributed by atoms with Crippen molar-refractivity contribution in [3.8, 4) is 0 Å². The van der Waals surface area contributed by atoms with Gasteiger partial charge in [-0.25, -0.2) is 0 Å². The second-order valence-corrected chi connectivity index (χ2v) is 10.9. The number of carbonyl (C=O) groups is 2. The normalized spacial score (nSPS) is 25.1. The summed E-state index contributed by atoms with van der Waals surface area (Å²) in [5.41, 5.74) is 2.65. The van der Waals surface area contributed by atoms with Crippen molar-refractivity contribution in [3.63, 3.8) is 0 Å². The van der Waals surface area contributed by atoms with Crippen LogP contribution >= 0.6 is 0 Å². The highest BCUT2D eigenvalue weighted by atomic mass is 16.4. The summed E-state index contributed by atoms with van der Waals surface area (Å²) in [5, 5.41) is 15.7. The van der Waals surface area contributed by atoms with Gasteiger partial charge in [-0.15, -0.1) is 0 Å². The van der Waals surface area contributed by atoms with E-state index >= 15 is 0 Å². The average Bonchev–Trinajstić information content (AvgIpc) is 2.95. The van der Waals surface area contributed by atoms with E-state index in [9.17, 15) is 14.7 Å². The van der Waals surface area contributed by atoms with Gasteiger partial charge in [0.25, 0.3) is 0 Å². The number of hydrogen-bond donors (Lipinski definition) is 2. The van der Waals surface area contributed by atoms with Crippen molar-refractivity contribution in [1.82, 2.24) is 10.2 Å². The van der Waals surface area contributed by atoms with Gasteiger partial charge >= 0.3 is 5.97 Å². The first-order chi connectivity index (χ1) is 18.0. The van der Waals surface area contributed by atoms with Crippen molar-refractivity contribution >= 4 is 22.6 Å². The monoisotopic (exact) mass is 498 g/mol. The molecule has 1 saturated heterocycles. The van der Waals surface area contributed by atoms with Crippen LogP contribution < -0.4 is 5.32 Å². The first kappa shape index (κ1) is 25.5. The van der Waals surface area contributed by atoms with E-state index in [1.54, 1.807) is 0 Å². The van der Waals surface area contributed by atoms with Crippen LogP contribution in [0.15, 0.2) is 72.8 Å². The minimum atomic E-state index is -0.721. The predicted molar refractivity (Wildman–Crippen MR) is 147 cm³/mol. The van der Waals surface area contributed by atoms with Crippen LogP contribution in [0.5, 0.6) is 0 Å². The fourth-order valence-electron chi connectivity index (χ4n) is 6.49. The van der Waals surface area contributed by atoms with E-state index in [2.05, 4.69) is 89.9 Å². The minimum absolute atomic E-state index is 0.0351. The van der Waals surface area contributed by atoms with Crippen LogP contribution in [-0.4, -0.2) is 41.5 Å². The van der Waals surface area contributed by atoms with Crippen LogP contribution in [0.4, 0.5) is 0 Å². The van der Waals surface area contributed by atoms with Crippen LogP contribution in [0.2, 0.25) is 0 Å². The van der Waals surface area contributed by atoms with E-state index in [1.807, 2.05) is 0 Å². The number of hydrogen-bond acceptors (Lipinski definition) is 3. The maximum absolute atomic E-state index is 13.5. The standard InChI is InChI=1S/C32H38N2O3/c1-22(28-13-7-11-24-10-5-6-12-30(24)28)33-20-27-21-34(19-18-29(27)23-8-3-2-4-9-23)31(35)25-14-16-26(17-15-25)32(36)37/h2-13,22,25-27,29,33H,14-21H2,1H3,(H,36,37)/t22-,25?,26?,27?,29?/m1/s1. The number of benzene rings is 3. The molecular weight excluding hydrogens is 460 g/mol. The second-order valence-electron chi connectivity index (χ2n) is 10.9. The first-order valence-electron chi connectivity index (χ1n) is 13.8. The number of aliphatic carboxylic acids is 1. The molecule has 0 spiro atoms. The van der Waals surface area contributed by atoms with Crippen molar-refractivity contribution in [1.29, 1.82) is 0 Å². The smallest absolute Gasteiger partial charge is 0.306 e. The lowest BCUT2D eigenvalue weighted by atomic mass is 9.78. The molecule has 0 aromatic heterocycles. The molecule has 2 unspecified atom stereocenters. The summed E-state index contributed by atoms with van der Waals surface area (Å²) in [4.78, 5) is 26.9. The maximum Gasteiger partial charge on any atom is 0.306 e. The summed E-state index contributed by atoms with van der Waals surface area (Å²) in [6.45, 7) is 4.57. The molecule has 1 saturated carbocycles. The predicted octanol–water partition coefficient (Wildman–Crippen LogP) is 6.01. The van der Waals surface area contributed by atoms with Crippen LogP contribution in [0.1, 0.15) is 62.1 Å². The molecule has 3 atom stereocenters. The van der Waals surface area contributed by atoms with Crippen LogP contribution in [0.3, 0.4) is 0 Å². The molecule has 194 valence electrons. The highest BCUT2D eigenvalue weighted by molar-refractivity contribution is 5.86. The number of nitrogens with zero attached hydrogens (tertiary/aromatic N) is 1. The number of carboxylic acid groups (broad SMARTS) is 1. The number of likely N-dealkylation sites (tertiary alicyclic amines) is 1. The molecule has 1 amide bonds. The number of fused-ring (bicyclic) bond motifs is 1. The van der Waals surface area contributed by atoms with Gasteiger partial charge < -0.3 is 15.3 Å². The Kier molecular flexibility index (Phi) is 7.90. The Labute approximate surface area is 219 Å². The second kappa shape index (κ2) is 11.5. The number of piperidine rings is 1. The summed E-state index contributed by atoms with van der Waals surface area (Å²) < 4.78 is 0. The Bertz CT molecular complexity index is 1210. The highest BCUT2D eigenvalue weighted by Crippen LogP contribution is 2.36. The van der Waals surface area contributed by atoms with Gasteiger partial charge in [0.2, 0.25) is 5.91 Å². The molecule has 0 radical (unpaired) electrons. The fraction of sp³-hybridized carbons (Fsp3) is 0.438. The molecule has 2 N–H and O–H groups in total. The Morgan fingerprint density at radius 3 is 2.32 bits per heavy atom. The van der Waals surface area contributed by atoms with Crippen LogP contribution in [-0.2, 0) is 9.59 Å². The lowest BCUT2D eigenvalue weighted by molar-refractivity contribution is -0.146. The Morgan fingerprint density at radius 1 is 0.892 bits per heavy atom. The van der Waals surface area contributed by atoms with Gasteiger partial charge in [0.15, 0.2) is 0 Å². The average molecular weight is 499 g/mol. The third-order valence-corrected chi connectivity index (χ3v) is 8.68. The van der Waals surface area contributed by atoms with Crippen molar-refractivity contribution in [2.75, 3.05) is 19.6 Å². The molecule has 3 aromatic rings. The summed E-state index contributed by atoms with van der Waals surface area (Å²) in [6.07, 6.45) is 3.56. The molecule has 1 aliphatic carbocycles. The Morgan fingerprint density at radius 2 is 1.57 bits per heavy atom. The Hall–Kier alpha value is -3.18. The van der Waals surface area contributed by atoms with Gasteiger partial charge in [0.05, 0.1) is 5.92 Å². The molecule has 37 heavy (non-hydrogen) atoms. The van der Waals surface area contributed by atoms with E-state index in [0.717, 1.165) is 26.1 Å². The van der Waals surface area contributed by atoms with Gasteiger partial charge in [-0.1, -0.05) is 72.8 Å². The van der Waals surface area contributed by atoms with Crippen molar-refractivity contribution < 1.29 is 14.7 Å². The van der Waals surface area contributed by atoms with Crippen LogP contribution in [0.25, 0.3) is 10.8 Å². The first-order valence-corrected chi connectivity index (χ1v) is 13.8. The molecule has 5 nitrogen and oxygen atoms in total. The number of carbonyl (C=O) groups excluding carboxylic acids is 1. The quantitative estimate of drug-likeness (QED) is 0.418. The lowest BCUT2D eigenvalue weighted by Gasteiger charge is -2.41. The molecule has 2 fully saturated rings. The zero-order chi connectivity index (χ0) is 25.8. The van der Waals surface area contributed by atoms with E-state index in [-0.39, 0.29) is 23.8 Å². The molecule has 3 aromatic carbocycles. The third-order valence-electron chi connectivity index (χ3n) is 8.68. The molecule has 0 bridgehead atoms. The number of carboxylic acids is 1. The molecule has 5 heteroatoms. The SMILES string of the molecule is C[C@@H](NCC1CN(C(=O)C2CCC(C(=O)O)CC2)CCC1c1ccccc1)c1cccc2ccccc12. The summed E-state index contributed by atoms with van der Waals surface area (Å²) in [6, 6.07) is 25.9. The van der Waals surface area contributed by atoms with E-state index in [4.69, 9.17) is 0 Å². The van der Waals surface area contributed by atoms with Gasteiger partial charge in [0.1, 0.15) is 0 Å². The number of nitrogens with one attached hydrogen (secondary N) is 1. The third kappa shape index (κ3) is 5.72. The number of amides is 1. The Balaban J connectivity index is 1.29. The van der Waals surface area contributed by atoms with Crippen molar-refractivity contribution in [2.45, 2.75) is 51.0 Å². The topological polar surface area (TPSA) is 69.6 Å². The van der Waals surface area contributed by atoms with Gasteiger partial charge in [-0.05, 0) is 72.8 Å². The summed E-state index contributed by atoms with van der Waals surface area (Å²) in [7, 11) is 0. The van der Waals surface area contributed by atoms with E-state index < -0.39 is 5.97 Å². The summed E-state index contributed by atoms with van der Waals surface area (Å²) >= 11 is 0. The van der Waals surface area contributed by atoms with Crippen LogP contribution in [0, 0.1) is 17.8 Å². The van der Waals surface area contributed by atoms with E-state index in [0.29, 0.717) is 37.5 Å². The zero-order valence-corrected chi connectivity index (χ0v) is 21.7. The maximum atomic E-state index is 13.5. The molecule has 2 aliphatic rings. The number of rotatable bonds is 7. The largest absolute Gasteiger partial charge is 0.481 e. The molecule has 1 aliphatic heterocycles. The highest BCUT2D eigenvalue weighted by Gasteiger charge is 2.37. The van der Waals surface area contributed by atoms with Crippen molar-refractivity contribution in [3.05, 3.63) is 83.9 Å². The molecular formula is C32H38N2O3. The van der Waals surface area contributed by atoms with Gasteiger partial charge in [0, 0.05) is 31.6 Å². The van der Waals surface area contributed by atoms with Crippen molar-refractivity contribution in [2.24, 2.45) is 17.8 Å².